The quantitative estimate of drug-likeness (QED) is 0.253. The molecule has 0 fully saturated rings. The second-order valence-corrected chi connectivity index (χ2v) is 8.56. The number of hydrogen-bond acceptors (Lipinski definition) is 6. The number of H-pyrrole nitrogens is 2. The molecule has 0 bridgehead atoms. The van der Waals surface area contributed by atoms with Gasteiger partial charge in [0.2, 0.25) is 5.91 Å². The number of hydrogen-bond donors (Lipinski definition) is 4. The Kier molecular flexibility index (Phi) is 5.33. The van der Waals surface area contributed by atoms with Crippen LogP contribution in [0, 0.1) is 5.82 Å². The molecule has 0 spiro atoms. The molecule has 5 heterocycles. The van der Waals surface area contributed by atoms with E-state index in [0.29, 0.717) is 29.0 Å². The Labute approximate surface area is 209 Å². The number of phenolic OH excluding ortho intramolecular Hbond substituents is 1. The predicted octanol–water partition coefficient (Wildman–Crippen LogP) is 5.42. The number of aromatic nitrogens is 6. The van der Waals surface area contributed by atoms with Gasteiger partial charge in [0, 0.05) is 64.1 Å². The zero-order chi connectivity index (χ0) is 25.5. The fourth-order valence-electron chi connectivity index (χ4n) is 4.31. The first-order valence-electron chi connectivity index (χ1n) is 11.6. The van der Waals surface area contributed by atoms with Crippen LogP contribution in [-0.4, -0.2) is 41.1 Å². The van der Waals surface area contributed by atoms with Gasteiger partial charge < -0.3 is 15.4 Å². The maximum absolute atomic E-state index is 14.0. The fourth-order valence-corrected chi connectivity index (χ4v) is 4.31. The number of phenols is 1. The normalized spacial score (nSPS) is 11.3. The topological polar surface area (TPSA) is 132 Å². The summed E-state index contributed by atoms with van der Waals surface area (Å²) in [6, 6.07) is 11.4. The van der Waals surface area contributed by atoms with Crippen molar-refractivity contribution in [1.29, 1.82) is 0 Å². The first kappa shape index (κ1) is 22.4. The number of aromatic amines is 2. The number of fused-ring (bicyclic) bond motifs is 2. The average Bonchev–Trinajstić information content (AvgIpc) is 3.51. The van der Waals surface area contributed by atoms with Gasteiger partial charge in [0.25, 0.3) is 0 Å². The van der Waals surface area contributed by atoms with Crippen LogP contribution in [0.3, 0.4) is 0 Å². The van der Waals surface area contributed by atoms with Gasteiger partial charge in [0.1, 0.15) is 11.6 Å². The summed E-state index contributed by atoms with van der Waals surface area (Å²) in [4.78, 5) is 28.3. The summed E-state index contributed by atoms with van der Waals surface area (Å²) in [5.41, 5.74) is 6.01. The zero-order valence-electron chi connectivity index (χ0n) is 19.6. The summed E-state index contributed by atoms with van der Waals surface area (Å²) in [7, 11) is 0. The average molecular weight is 494 g/mol. The predicted molar refractivity (Wildman–Crippen MR) is 138 cm³/mol. The van der Waals surface area contributed by atoms with E-state index in [2.05, 4.69) is 35.5 Å². The number of pyridine rings is 3. The molecule has 0 unspecified atom stereocenters. The van der Waals surface area contributed by atoms with E-state index in [1.807, 2.05) is 24.3 Å². The first-order chi connectivity index (χ1) is 18.0. The van der Waals surface area contributed by atoms with Crippen LogP contribution in [-0.2, 0) is 4.79 Å². The number of amides is 1. The molecule has 182 valence electrons. The van der Waals surface area contributed by atoms with Crippen LogP contribution in [0.2, 0.25) is 0 Å². The van der Waals surface area contributed by atoms with E-state index in [4.69, 9.17) is 0 Å². The van der Waals surface area contributed by atoms with Gasteiger partial charge >= 0.3 is 0 Å². The summed E-state index contributed by atoms with van der Waals surface area (Å²) in [5, 5.41) is 21.6. The van der Waals surface area contributed by atoms with Crippen LogP contribution in [0.4, 0.5) is 10.1 Å². The number of rotatable bonds is 5. The highest BCUT2D eigenvalue weighted by molar-refractivity contribution is 6.00. The van der Waals surface area contributed by atoms with Crippen LogP contribution >= 0.6 is 0 Å². The number of nitrogens with one attached hydrogen (secondary N) is 3. The Hall–Kier alpha value is -5.12. The maximum atomic E-state index is 14.0. The molecular formula is C27H20FN7O2. The third-order valence-corrected chi connectivity index (χ3v) is 6.06. The zero-order valence-corrected chi connectivity index (χ0v) is 19.6. The molecule has 6 rings (SSSR count). The lowest BCUT2D eigenvalue weighted by Gasteiger charge is -2.06. The van der Waals surface area contributed by atoms with E-state index >= 15 is 0 Å². The Balaban J connectivity index is 1.43. The lowest BCUT2D eigenvalue weighted by atomic mass is 10.1. The minimum atomic E-state index is -0.546. The monoisotopic (exact) mass is 493 g/mol. The minimum absolute atomic E-state index is 0.0919. The van der Waals surface area contributed by atoms with Crippen LogP contribution in [0.15, 0.2) is 67.3 Å². The smallest absolute Gasteiger partial charge is 0.224 e. The summed E-state index contributed by atoms with van der Waals surface area (Å²) < 4.78 is 14.0. The van der Waals surface area contributed by atoms with Crippen molar-refractivity contribution in [2.75, 3.05) is 5.32 Å². The molecule has 0 saturated heterocycles. The molecule has 0 atom stereocenters. The van der Waals surface area contributed by atoms with E-state index in [0.717, 1.165) is 44.9 Å². The molecule has 0 radical (unpaired) electrons. The summed E-state index contributed by atoms with van der Waals surface area (Å²) in [6.07, 6.45) is 7.01. The van der Waals surface area contributed by atoms with Crippen molar-refractivity contribution in [1.82, 2.24) is 30.1 Å². The Morgan fingerprint density at radius 1 is 1.00 bits per heavy atom. The molecule has 6 aromatic rings. The van der Waals surface area contributed by atoms with Crippen molar-refractivity contribution in [3.8, 4) is 39.5 Å². The minimum Gasteiger partial charge on any atom is -0.508 e. The Morgan fingerprint density at radius 2 is 1.86 bits per heavy atom. The molecule has 0 aliphatic carbocycles. The molecule has 5 aromatic heterocycles. The van der Waals surface area contributed by atoms with E-state index in [9.17, 15) is 14.3 Å². The Morgan fingerprint density at radius 3 is 2.70 bits per heavy atom. The Bertz CT molecular complexity index is 1790. The van der Waals surface area contributed by atoms with Gasteiger partial charge in [-0.1, -0.05) is 6.92 Å². The number of aromatic hydroxyl groups is 1. The first-order valence-corrected chi connectivity index (χ1v) is 11.6. The van der Waals surface area contributed by atoms with Gasteiger partial charge in [-0.3, -0.25) is 19.9 Å². The molecule has 1 amide bonds. The molecule has 0 aliphatic heterocycles. The molecule has 0 aliphatic rings. The van der Waals surface area contributed by atoms with Gasteiger partial charge in [-0.25, -0.2) is 9.37 Å². The lowest BCUT2D eigenvalue weighted by Crippen LogP contribution is -2.09. The number of benzene rings is 1. The van der Waals surface area contributed by atoms with Crippen molar-refractivity contribution in [3.05, 3.63) is 73.1 Å². The largest absolute Gasteiger partial charge is 0.508 e. The van der Waals surface area contributed by atoms with Crippen LogP contribution in [0.25, 0.3) is 55.7 Å². The van der Waals surface area contributed by atoms with Gasteiger partial charge in [0.15, 0.2) is 5.65 Å². The molecule has 1 aromatic carbocycles. The van der Waals surface area contributed by atoms with Gasteiger partial charge in [-0.05, 0) is 36.4 Å². The molecule has 10 heteroatoms. The standard InChI is InChI=1S/C27H20FN7O2/c1-2-24(37)32-18-6-15(11-29-13-18)16-8-21-26(34-35-27(21)31-12-16)23-10-20-22(33-23)3-4-30-25(20)14-5-17(28)9-19(36)7-14/h3-13,33,36H,2H2,1H3,(H,32,37)(H,31,34,35). The van der Waals surface area contributed by atoms with Crippen LogP contribution in [0.1, 0.15) is 13.3 Å². The van der Waals surface area contributed by atoms with Gasteiger partial charge in [0.05, 0.1) is 29.0 Å². The van der Waals surface area contributed by atoms with Crippen LogP contribution in [0.5, 0.6) is 5.75 Å². The van der Waals surface area contributed by atoms with E-state index < -0.39 is 5.82 Å². The highest BCUT2D eigenvalue weighted by Crippen LogP contribution is 2.35. The lowest BCUT2D eigenvalue weighted by molar-refractivity contribution is -0.115. The van der Waals surface area contributed by atoms with Crippen molar-refractivity contribution in [2.45, 2.75) is 13.3 Å². The molecular weight excluding hydrogens is 473 g/mol. The van der Waals surface area contributed by atoms with Crippen molar-refractivity contribution in [2.24, 2.45) is 0 Å². The second-order valence-electron chi connectivity index (χ2n) is 8.56. The van der Waals surface area contributed by atoms with E-state index in [-0.39, 0.29) is 11.7 Å². The number of carbonyl (C=O) groups is 1. The third kappa shape index (κ3) is 4.14. The van der Waals surface area contributed by atoms with Crippen molar-refractivity contribution >= 4 is 33.5 Å². The molecule has 4 N–H and O–H groups in total. The number of nitrogens with zero attached hydrogens (tertiary/aromatic N) is 4. The maximum Gasteiger partial charge on any atom is 0.224 e. The van der Waals surface area contributed by atoms with Crippen LogP contribution < -0.4 is 5.32 Å². The number of halogens is 1. The van der Waals surface area contributed by atoms with Gasteiger partial charge in [-0.2, -0.15) is 5.10 Å². The molecule has 0 saturated carbocycles. The second kappa shape index (κ2) is 8.83. The summed E-state index contributed by atoms with van der Waals surface area (Å²) >= 11 is 0. The van der Waals surface area contributed by atoms with E-state index in [1.54, 1.807) is 31.7 Å². The van der Waals surface area contributed by atoms with Gasteiger partial charge in [-0.15, -0.1) is 0 Å². The number of anilines is 1. The molecule has 9 nitrogen and oxygen atoms in total. The summed E-state index contributed by atoms with van der Waals surface area (Å²) in [6.45, 7) is 1.79. The SMILES string of the molecule is CCC(=O)Nc1cncc(-c2cnc3n[nH]c(-c4cc5c(-c6cc(O)cc(F)c6)nccc5[nH]4)c3c2)c1. The van der Waals surface area contributed by atoms with Crippen molar-refractivity contribution in [3.63, 3.8) is 0 Å². The highest BCUT2D eigenvalue weighted by Gasteiger charge is 2.16. The third-order valence-electron chi connectivity index (χ3n) is 6.06. The van der Waals surface area contributed by atoms with E-state index in [1.165, 1.54) is 12.1 Å². The van der Waals surface area contributed by atoms with Crippen molar-refractivity contribution < 1.29 is 14.3 Å². The summed E-state index contributed by atoms with van der Waals surface area (Å²) in [5.74, 6) is -0.808. The highest BCUT2D eigenvalue weighted by atomic mass is 19.1. The number of carbonyl (C=O) groups excluding carboxylic acids is 1. The molecule has 37 heavy (non-hydrogen) atoms. The fraction of sp³-hybridized carbons (Fsp3) is 0.0741.